The van der Waals surface area contributed by atoms with Crippen molar-refractivity contribution in [3.05, 3.63) is 42.5 Å². The molecule has 0 bridgehead atoms. The molecule has 0 saturated heterocycles. The number of methoxy groups -OCH3 is 1. The van der Waals surface area contributed by atoms with E-state index in [1.807, 2.05) is 44.2 Å². The van der Waals surface area contributed by atoms with Crippen LogP contribution in [0.5, 0.6) is 5.75 Å². The molecule has 0 spiro atoms. The lowest BCUT2D eigenvalue weighted by molar-refractivity contribution is 0.0623. The molecule has 3 heteroatoms. The van der Waals surface area contributed by atoms with Crippen molar-refractivity contribution < 1.29 is 14.9 Å². The summed E-state index contributed by atoms with van der Waals surface area (Å²) in [5.74, 6) is 0.785. The molecule has 3 nitrogen and oxygen atoms in total. The number of rotatable bonds is 9. The van der Waals surface area contributed by atoms with Gasteiger partial charge in [-0.05, 0) is 62.6 Å². The Bertz CT molecular complexity index is 459. The highest BCUT2D eigenvalue weighted by Crippen LogP contribution is 2.36. The summed E-state index contributed by atoms with van der Waals surface area (Å²) in [6.45, 7) is 9.68. The van der Waals surface area contributed by atoms with Crippen LogP contribution in [0.1, 0.15) is 58.1 Å². The van der Waals surface area contributed by atoms with Gasteiger partial charge in [-0.2, -0.15) is 0 Å². The van der Waals surface area contributed by atoms with Crippen molar-refractivity contribution in [2.75, 3.05) is 7.11 Å². The predicted molar refractivity (Wildman–Crippen MR) is 91.0 cm³/mol. The van der Waals surface area contributed by atoms with Crippen LogP contribution in [0.2, 0.25) is 0 Å². The van der Waals surface area contributed by atoms with Crippen molar-refractivity contribution in [2.24, 2.45) is 5.41 Å². The Morgan fingerprint density at radius 2 is 1.77 bits per heavy atom. The monoisotopic (exact) mass is 306 g/mol. The van der Waals surface area contributed by atoms with Crippen LogP contribution < -0.4 is 4.74 Å². The lowest BCUT2D eigenvalue weighted by Gasteiger charge is -2.30. The van der Waals surface area contributed by atoms with E-state index < -0.39 is 11.7 Å². The Morgan fingerprint density at radius 3 is 2.23 bits per heavy atom. The van der Waals surface area contributed by atoms with Crippen LogP contribution in [-0.2, 0) is 0 Å². The van der Waals surface area contributed by atoms with Crippen LogP contribution in [0.15, 0.2) is 36.9 Å². The molecular weight excluding hydrogens is 276 g/mol. The first-order valence-electron chi connectivity index (χ1n) is 7.87. The van der Waals surface area contributed by atoms with Gasteiger partial charge in [-0.3, -0.25) is 0 Å². The van der Waals surface area contributed by atoms with E-state index in [0.29, 0.717) is 6.42 Å². The molecule has 0 aliphatic rings. The largest absolute Gasteiger partial charge is 0.497 e. The molecule has 124 valence electrons. The quantitative estimate of drug-likeness (QED) is 0.670. The molecule has 0 aromatic heterocycles. The molecule has 1 rings (SSSR count). The first-order chi connectivity index (χ1) is 10.2. The Hall–Kier alpha value is -1.32. The van der Waals surface area contributed by atoms with Gasteiger partial charge < -0.3 is 14.9 Å². The highest BCUT2D eigenvalue weighted by molar-refractivity contribution is 5.28. The summed E-state index contributed by atoms with van der Waals surface area (Å²) in [6, 6.07) is 7.50. The van der Waals surface area contributed by atoms with Gasteiger partial charge in [0.1, 0.15) is 5.75 Å². The van der Waals surface area contributed by atoms with Gasteiger partial charge in [-0.1, -0.05) is 25.1 Å². The smallest absolute Gasteiger partial charge is 0.118 e. The van der Waals surface area contributed by atoms with Gasteiger partial charge in [-0.15, -0.1) is 6.58 Å². The van der Waals surface area contributed by atoms with Gasteiger partial charge in [0.15, 0.2) is 0 Å². The van der Waals surface area contributed by atoms with Crippen LogP contribution in [0, 0.1) is 5.41 Å². The van der Waals surface area contributed by atoms with E-state index in [-0.39, 0.29) is 5.41 Å². The molecule has 0 radical (unpaired) electrons. The maximum atomic E-state index is 10.5. The van der Waals surface area contributed by atoms with E-state index in [1.54, 1.807) is 7.11 Å². The van der Waals surface area contributed by atoms with Gasteiger partial charge in [0, 0.05) is 0 Å². The van der Waals surface area contributed by atoms with E-state index in [2.05, 4.69) is 13.5 Å². The van der Waals surface area contributed by atoms with Crippen LogP contribution >= 0.6 is 0 Å². The topological polar surface area (TPSA) is 49.7 Å². The molecule has 0 aliphatic heterocycles. The van der Waals surface area contributed by atoms with Crippen LogP contribution in [-0.4, -0.2) is 22.9 Å². The molecule has 0 heterocycles. The van der Waals surface area contributed by atoms with Gasteiger partial charge in [0.25, 0.3) is 0 Å². The zero-order valence-electron chi connectivity index (χ0n) is 14.3. The Labute approximate surface area is 134 Å². The number of hydrogen-bond donors (Lipinski definition) is 2. The molecule has 1 aromatic carbocycles. The zero-order valence-corrected chi connectivity index (χ0v) is 14.3. The van der Waals surface area contributed by atoms with Crippen LogP contribution in [0.4, 0.5) is 0 Å². The Kier molecular flexibility index (Phi) is 6.64. The number of aliphatic hydroxyl groups is 2. The summed E-state index contributed by atoms with van der Waals surface area (Å²) >= 11 is 0. The number of hydrogen-bond acceptors (Lipinski definition) is 3. The van der Waals surface area contributed by atoms with Gasteiger partial charge in [-0.25, -0.2) is 0 Å². The fourth-order valence-electron chi connectivity index (χ4n) is 2.60. The minimum Gasteiger partial charge on any atom is -0.497 e. The molecule has 0 fully saturated rings. The van der Waals surface area contributed by atoms with E-state index in [4.69, 9.17) is 4.74 Å². The third-order valence-electron chi connectivity index (χ3n) is 4.19. The molecule has 2 atom stereocenters. The Balaban J connectivity index is 2.64. The van der Waals surface area contributed by atoms with E-state index in [9.17, 15) is 10.2 Å². The summed E-state index contributed by atoms with van der Waals surface area (Å²) in [4.78, 5) is 0. The summed E-state index contributed by atoms with van der Waals surface area (Å²) in [5.41, 5.74) is 0.0951. The highest BCUT2D eigenvalue weighted by Gasteiger charge is 2.26. The van der Waals surface area contributed by atoms with Gasteiger partial charge >= 0.3 is 0 Å². The van der Waals surface area contributed by atoms with Crippen LogP contribution in [0.3, 0.4) is 0 Å². The minimum absolute atomic E-state index is 0.148. The lowest BCUT2D eigenvalue weighted by Crippen LogP contribution is -2.21. The fraction of sp³-hybridized carbons (Fsp3) is 0.579. The molecular formula is C19H30O3. The second kappa shape index (κ2) is 7.80. The molecule has 0 amide bonds. The molecule has 1 aromatic rings. The van der Waals surface area contributed by atoms with Gasteiger partial charge in [0.05, 0.1) is 18.8 Å². The van der Waals surface area contributed by atoms with Crippen molar-refractivity contribution in [3.8, 4) is 5.75 Å². The average molecular weight is 306 g/mol. The van der Waals surface area contributed by atoms with Crippen molar-refractivity contribution in [3.63, 3.8) is 0 Å². The van der Waals surface area contributed by atoms with Crippen molar-refractivity contribution in [2.45, 2.75) is 58.2 Å². The normalized spacial score (nSPS) is 15.9. The van der Waals surface area contributed by atoms with Crippen molar-refractivity contribution >= 4 is 0 Å². The third-order valence-corrected chi connectivity index (χ3v) is 4.19. The fourth-order valence-corrected chi connectivity index (χ4v) is 2.60. The number of allylic oxidation sites excluding steroid dienone is 1. The summed E-state index contributed by atoms with van der Waals surface area (Å²) < 4.78 is 5.13. The third kappa shape index (κ3) is 6.20. The zero-order chi connectivity index (χ0) is 16.8. The SMILES string of the molecule is C=CC(C)(CCCC(C)(C)O)C[C@@H](O)c1ccc(OC)cc1. The second-order valence-electron chi connectivity index (χ2n) is 7.02. The number of aliphatic hydroxyl groups excluding tert-OH is 1. The minimum atomic E-state index is -0.642. The summed E-state index contributed by atoms with van der Waals surface area (Å²) in [7, 11) is 1.63. The van der Waals surface area contributed by atoms with Crippen molar-refractivity contribution in [1.82, 2.24) is 0 Å². The number of benzene rings is 1. The van der Waals surface area contributed by atoms with Crippen molar-refractivity contribution in [1.29, 1.82) is 0 Å². The van der Waals surface area contributed by atoms with E-state index in [1.165, 1.54) is 0 Å². The molecule has 1 unspecified atom stereocenters. The van der Waals surface area contributed by atoms with E-state index >= 15 is 0 Å². The average Bonchev–Trinajstić information content (AvgIpc) is 2.46. The first-order valence-corrected chi connectivity index (χ1v) is 7.87. The molecule has 2 N–H and O–H groups in total. The first kappa shape index (κ1) is 18.7. The maximum absolute atomic E-state index is 10.5. The predicted octanol–water partition coefficient (Wildman–Crippen LogP) is 4.25. The van der Waals surface area contributed by atoms with Crippen LogP contribution in [0.25, 0.3) is 0 Å². The van der Waals surface area contributed by atoms with E-state index in [0.717, 1.165) is 30.6 Å². The standard InChI is InChI=1S/C19H30O3/c1-6-19(4,13-7-12-18(2,3)21)14-17(20)15-8-10-16(22-5)11-9-15/h6,8-11,17,20-21H,1,7,12-14H2,2-5H3/t17-,19?/m1/s1. The molecule has 0 aliphatic carbocycles. The number of ether oxygens (including phenoxy) is 1. The second-order valence-corrected chi connectivity index (χ2v) is 7.02. The summed E-state index contributed by atoms with van der Waals surface area (Å²) in [5, 5.41) is 20.3. The maximum Gasteiger partial charge on any atom is 0.118 e. The summed E-state index contributed by atoms with van der Waals surface area (Å²) in [6.07, 6.45) is 4.55. The molecule has 0 saturated carbocycles. The molecule has 22 heavy (non-hydrogen) atoms. The Morgan fingerprint density at radius 1 is 1.18 bits per heavy atom. The lowest BCUT2D eigenvalue weighted by atomic mass is 9.78. The van der Waals surface area contributed by atoms with Gasteiger partial charge in [0.2, 0.25) is 0 Å². The highest BCUT2D eigenvalue weighted by atomic mass is 16.5.